The van der Waals surface area contributed by atoms with Gasteiger partial charge in [-0.1, -0.05) is 17.7 Å². The van der Waals surface area contributed by atoms with Crippen LogP contribution in [0.2, 0.25) is 5.02 Å². The molecule has 0 aromatic heterocycles. The van der Waals surface area contributed by atoms with E-state index in [0.29, 0.717) is 6.04 Å². The van der Waals surface area contributed by atoms with Crippen LogP contribution in [0.5, 0.6) is 0 Å². The van der Waals surface area contributed by atoms with Crippen molar-refractivity contribution >= 4 is 47.2 Å². The molecule has 2 heterocycles. The van der Waals surface area contributed by atoms with Crippen molar-refractivity contribution in [1.82, 2.24) is 20.4 Å². The quantitative estimate of drug-likeness (QED) is 0.232. The Hall–Kier alpha value is -0.770. The van der Waals surface area contributed by atoms with Crippen LogP contribution >= 0.6 is 35.6 Å². The molecule has 31 heavy (non-hydrogen) atoms. The number of likely N-dealkylation sites (tertiary alicyclic amines) is 1. The molecule has 0 spiro atoms. The van der Waals surface area contributed by atoms with E-state index in [9.17, 15) is 0 Å². The van der Waals surface area contributed by atoms with Crippen molar-refractivity contribution in [1.29, 1.82) is 0 Å². The average Bonchev–Trinajstić information content (AvgIpc) is 3.62. The lowest BCUT2D eigenvalue weighted by Crippen LogP contribution is -2.49. The van der Waals surface area contributed by atoms with E-state index in [-0.39, 0.29) is 24.0 Å². The van der Waals surface area contributed by atoms with Crippen molar-refractivity contribution in [3.63, 3.8) is 0 Å². The highest BCUT2D eigenvalue weighted by molar-refractivity contribution is 14.0. The molecular formula is C23H38ClIN6. The molecule has 3 aliphatic rings. The van der Waals surface area contributed by atoms with Gasteiger partial charge in [-0.3, -0.25) is 9.89 Å². The van der Waals surface area contributed by atoms with Gasteiger partial charge in [0, 0.05) is 75.7 Å². The minimum absolute atomic E-state index is 0. The third-order valence-corrected chi connectivity index (χ3v) is 6.88. The number of piperazine rings is 1. The monoisotopic (exact) mass is 560 g/mol. The summed E-state index contributed by atoms with van der Waals surface area (Å²) in [5.41, 5.74) is 1.24. The number of hydrogen-bond donors (Lipinski definition) is 2. The van der Waals surface area contributed by atoms with E-state index in [1.165, 1.54) is 44.5 Å². The Morgan fingerprint density at radius 1 is 1.06 bits per heavy atom. The maximum atomic E-state index is 6.14. The van der Waals surface area contributed by atoms with E-state index in [1.54, 1.807) is 0 Å². The van der Waals surface area contributed by atoms with Gasteiger partial charge in [0.25, 0.3) is 0 Å². The second-order valence-electron chi connectivity index (χ2n) is 8.85. The molecule has 2 aliphatic heterocycles. The summed E-state index contributed by atoms with van der Waals surface area (Å²) in [5.74, 6) is 0.964. The second kappa shape index (κ2) is 12.5. The Morgan fingerprint density at radius 2 is 1.81 bits per heavy atom. The van der Waals surface area contributed by atoms with Crippen LogP contribution in [0.15, 0.2) is 29.3 Å². The van der Waals surface area contributed by atoms with E-state index < -0.39 is 0 Å². The summed E-state index contributed by atoms with van der Waals surface area (Å²) < 4.78 is 0. The lowest BCUT2D eigenvalue weighted by atomic mass is 10.1. The van der Waals surface area contributed by atoms with Crippen LogP contribution in [0.25, 0.3) is 0 Å². The second-order valence-corrected chi connectivity index (χ2v) is 9.28. The molecular weight excluding hydrogens is 523 g/mol. The van der Waals surface area contributed by atoms with E-state index in [4.69, 9.17) is 11.6 Å². The Bertz CT molecular complexity index is 697. The number of aliphatic imine (C=N–C) groups is 1. The molecule has 1 aromatic rings. The fraction of sp³-hybridized carbons (Fsp3) is 0.696. The summed E-state index contributed by atoms with van der Waals surface area (Å²) in [6, 6.07) is 9.65. The van der Waals surface area contributed by atoms with E-state index in [2.05, 4.69) is 42.5 Å². The van der Waals surface area contributed by atoms with Crippen molar-refractivity contribution in [2.24, 2.45) is 4.99 Å². The summed E-state index contributed by atoms with van der Waals surface area (Å²) >= 11 is 6.14. The molecule has 0 amide bonds. The fourth-order valence-electron chi connectivity index (χ4n) is 4.65. The van der Waals surface area contributed by atoms with Crippen LogP contribution in [0, 0.1) is 0 Å². The third kappa shape index (κ3) is 7.65. The summed E-state index contributed by atoms with van der Waals surface area (Å²) in [4.78, 5) is 12.1. The van der Waals surface area contributed by atoms with Crippen LogP contribution in [0.1, 0.15) is 32.1 Å². The smallest absolute Gasteiger partial charge is 0.191 e. The molecule has 0 unspecified atom stereocenters. The van der Waals surface area contributed by atoms with Crippen molar-refractivity contribution in [3.8, 4) is 0 Å². The van der Waals surface area contributed by atoms with Gasteiger partial charge in [0.05, 0.1) is 0 Å². The number of nitrogens with one attached hydrogen (secondary N) is 2. The normalized spacial score (nSPS) is 21.6. The highest BCUT2D eigenvalue weighted by atomic mass is 127. The molecule has 0 atom stereocenters. The number of guanidine groups is 1. The molecule has 4 rings (SSSR count). The zero-order chi connectivity index (χ0) is 20.8. The van der Waals surface area contributed by atoms with E-state index in [0.717, 1.165) is 62.7 Å². The van der Waals surface area contributed by atoms with Crippen LogP contribution in [0.3, 0.4) is 0 Å². The summed E-state index contributed by atoms with van der Waals surface area (Å²) in [6.07, 6.45) is 6.42. The number of piperidine rings is 1. The first-order valence-electron chi connectivity index (χ1n) is 11.7. The molecule has 0 radical (unpaired) electrons. The highest BCUT2D eigenvalue weighted by Crippen LogP contribution is 2.29. The predicted octanol–water partition coefficient (Wildman–Crippen LogP) is 3.26. The van der Waals surface area contributed by atoms with Gasteiger partial charge < -0.3 is 20.4 Å². The van der Waals surface area contributed by atoms with Crippen molar-refractivity contribution in [2.45, 2.75) is 44.2 Å². The molecule has 2 N–H and O–H groups in total. The zero-order valence-corrected chi connectivity index (χ0v) is 21.8. The third-order valence-electron chi connectivity index (χ3n) is 6.65. The lowest BCUT2D eigenvalue weighted by molar-refractivity contribution is 0.197. The zero-order valence-electron chi connectivity index (χ0n) is 18.7. The summed E-state index contributed by atoms with van der Waals surface area (Å²) in [7, 11) is 1.88. The molecule has 0 bridgehead atoms. The Kier molecular flexibility index (Phi) is 10.00. The van der Waals surface area contributed by atoms with Gasteiger partial charge in [-0.25, -0.2) is 0 Å². The first-order chi connectivity index (χ1) is 14.7. The molecule has 6 nitrogen and oxygen atoms in total. The maximum Gasteiger partial charge on any atom is 0.191 e. The van der Waals surface area contributed by atoms with Gasteiger partial charge in [-0.15, -0.1) is 24.0 Å². The molecule has 1 aromatic carbocycles. The van der Waals surface area contributed by atoms with Gasteiger partial charge in [0.2, 0.25) is 0 Å². The Balaban J connectivity index is 0.00000272. The fourth-order valence-corrected chi connectivity index (χ4v) is 4.83. The van der Waals surface area contributed by atoms with Gasteiger partial charge in [0.1, 0.15) is 0 Å². The van der Waals surface area contributed by atoms with Gasteiger partial charge >= 0.3 is 0 Å². The molecule has 2 saturated heterocycles. The number of rotatable bonds is 7. The first-order valence-corrected chi connectivity index (χ1v) is 12.0. The van der Waals surface area contributed by atoms with Crippen LogP contribution in [-0.2, 0) is 0 Å². The van der Waals surface area contributed by atoms with Crippen LogP contribution in [-0.4, -0.2) is 87.2 Å². The van der Waals surface area contributed by atoms with Crippen LogP contribution < -0.4 is 15.5 Å². The topological polar surface area (TPSA) is 46.1 Å². The lowest BCUT2D eigenvalue weighted by Gasteiger charge is -2.36. The maximum absolute atomic E-state index is 6.14. The minimum Gasteiger partial charge on any atom is -0.369 e. The van der Waals surface area contributed by atoms with E-state index >= 15 is 0 Å². The van der Waals surface area contributed by atoms with Gasteiger partial charge in [-0.05, 0) is 56.8 Å². The number of nitrogens with zero attached hydrogens (tertiary/aromatic N) is 4. The number of halogens is 2. The van der Waals surface area contributed by atoms with Crippen molar-refractivity contribution in [3.05, 3.63) is 29.3 Å². The molecule has 1 saturated carbocycles. The molecule has 1 aliphatic carbocycles. The predicted molar refractivity (Wildman–Crippen MR) is 142 cm³/mol. The minimum atomic E-state index is 0. The summed E-state index contributed by atoms with van der Waals surface area (Å²) in [6.45, 7) is 8.93. The number of hydrogen-bond acceptors (Lipinski definition) is 4. The largest absolute Gasteiger partial charge is 0.369 e. The molecule has 174 valence electrons. The van der Waals surface area contributed by atoms with Gasteiger partial charge in [0.15, 0.2) is 5.96 Å². The first kappa shape index (κ1) is 24.9. The summed E-state index contributed by atoms with van der Waals surface area (Å²) in [5, 5.41) is 7.97. The van der Waals surface area contributed by atoms with Crippen LogP contribution in [0.4, 0.5) is 5.69 Å². The standard InChI is InChI=1S/C23H37ClN6.HI/c1-25-23(27-20-8-12-29(13-9-20)21-6-7-21)26-10-3-11-28-14-16-30(17-15-28)22-5-2-4-19(24)18-22;/h2,4-5,18,20-21H,3,6-17H2,1H3,(H2,25,26,27);1H. The Labute approximate surface area is 209 Å². The van der Waals surface area contributed by atoms with Crippen molar-refractivity contribution < 1.29 is 0 Å². The average molecular weight is 561 g/mol. The van der Waals surface area contributed by atoms with Crippen molar-refractivity contribution in [2.75, 3.05) is 64.3 Å². The van der Waals surface area contributed by atoms with Gasteiger partial charge in [-0.2, -0.15) is 0 Å². The number of benzene rings is 1. The Morgan fingerprint density at radius 3 is 2.45 bits per heavy atom. The molecule has 8 heteroatoms. The number of anilines is 1. The highest BCUT2D eigenvalue weighted by Gasteiger charge is 2.31. The SMILES string of the molecule is CN=C(NCCCN1CCN(c2cccc(Cl)c2)CC1)NC1CCN(C2CC2)CC1.I. The van der Waals surface area contributed by atoms with E-state index in [1.807, 2.05) is 19.2 Å². The molecule has 3 fully saturated rings.